The fraction of sp³-hybridized carbons (Fsp3) is 0.263. The van der Waals surface area contributed by atoms with Crippen LogP contribution in [0.5, 0.6) is 0 Å². The summed E-state index contributed by atoms with van der Waals surface area (Å²) in [6.45, 7) is 3.35. The molecule has 5 nitrogen and oxygen atoms in total. The summed E-state index contributed by atoms with van der Waals surface area (Å²) in [5, 5.41) is 2.86. The van der Waals surface area contributed by atoms with Crippen molar-refractivity contribution in [3.8, 4) is 0 Å². The number of hydrogen-bond acceptors (Lipinski definition) is 4. The third-order valence-electron chi connectivity index (χ3n) is 3.93. The number of aromatic nitrogens is 1. The second-order valence-electron chi connectivity index (χ2n) is 5.69. The summed E-state index contributed by atoms with van der Waals surface area (Å²) in [6, 6.07) is 9.79. The Kier molecular flexibility index (Phi) is 5.74. The molecule has 0 saturated carbocycles. The first kappa shape index (κ1) is 17.1. The monoisotopic (exact) mass is 341 g/mol. The van der Waals surface area contributed by atoms with Gasteiger partial charge in [-0.05, 0) is 29.8 Å². The molecule has 1 saturated heterocycles. The molecule has 25 heavy (non-hydrogen) atoms. The number of pyridine rings is 1. The molecule has 130 valence electrons. The SMILES string of the molecule is O=C(/C=C\c1ccc(F)cc1)NCc1cccnc1N1CCOCC1. The minimum atomic E-state index is -0.297. The van der Waals surface area contributed by atoms with Gasteiger partial charge >= 0.3 is 0 Å². The number of ether oxygens (including phenoxy) is 1. The molecule has 2 aromatic rings. The minimum Gasteiger partial charge on any atom is -0.378 e. The number of benzene rings is 1. The predicted molar refractivity (Wildman–Crippen MR) is 94.5 cm³/mol. The fourth-order valence-electron chi connectivity index (χ4n) is 2.62. The molecule has 1 aliphatic heterocycles. The van der Waals surface area contributed by atoms with Crippen LogP contribution in [0.1, 0.15) is 11.1 Å². The van der Waals surface area contributed by atoms with Crippen molar-refractivity contribution < 1.29 is 13.9 Å². The van der Waals surface area contributed by atoms with Gasteiger partial charge in [-0.15, -0.1) is 0 Å². The van der Waals surface area contributed by atoms with E-state index in [-0.39, 0.29) is 11.7 Å². The van der Waals surface area contributed by atoms with E-state index in [0.29, 0.717) is 19.8 Å². The number of rotatable bonds is 5. The summed E-state index contributed by atoms with van der Waals surface area (Å²) >= 11 is 0. The van der Waals surface area contributed by atoms with E-state index >= 15 is 0 Å². The van der Waals surface area contributed by atoms with Crippen LogP contribution in [0.4, 0.5) is 10.2 Å². The van der Waals surface area contributed by atoms with E-state index in [1.807, 2.05) is 12.1 Å². The zero-order valence-electron chi connectivity index (χ0n) is 13.8. The Bertz CT molecular complexity index is 741. The van der Waals surface area contributed by atoms with Crippen molar-refractivity contribution in [3.63, 3.8) is 0 Å². The molecule has 1 aliphatic rings. The molecule has 1 N–H and O–H groups in total. The van der Waals surface area contributed by atoms with Gasteiger partial charge in [0.15, 0.2) is 0 Å². The molecule has 1 aromatic carbocycles. The first-order chi connectivity index (χ1) is 12.2. The Balaban J connectivity index is 1.59. The Labute approximate surface area is 146 Å². The average Bonchev–Trinajstić information content (AvgIpc) is 2.67. The predicted octanol–water partition coefficient (Wildman–Crippen LogP) is 2.39. The smallest absolute Gasteiger partial charge is 0.244 e. The van der Waals surface area contributed by atoms with E-state index in [1.165, 1.54) is 18.2 Å². The van der Waals surface area contributed by atoms with Gasteiger partial charge in [-0.1, -0.05) is 18.2 Å². The molecule has 1 amide bonds. The molecule has 1 fully saturated rings. The highest BCUT2D eigenvalue weighted by atomic mass is 19.1. The third kappa shape index (κ3) is 4.87. The quantitative estimate of drug-likeness (QED) is 0.849. The van der Waals surface area contributed by atoms with Crippen molar-refractivity contribution in [1.82, 2.24) is 10.3 Å². The highest BCUT2D eigenvalue weighted by Gasteiger charge is 2.15. The van der Waals surface area contributed by atoms with Crippen LogP contribution in [-0.4, -0.2) is 37.2 Å². The van der Waals surface area contributed by atoms with Crippen LogP contribution >= 0.6 is 0 Å². The molecule has 0 bridgehead atoms. The Morgan fingerprint density at radius 3 is 2.76 bits per heavy atom. The highest BCUT2D eigenvalue weighted by Crippen LogP contribution is 2.18. The molecule has 2 heterocycles. The van der Waals surface area contributed by atoms with Gasteiger partial charge in [0.1, 0.15) is 11.6 Å². The molecule has 1 aromatic heterocycles. The van der Waals surface area contributed by atoms with Gasteiger partial charge < -0.3 is 15.0 Å². The maximum Gasteiger partial charge on any atom is 0.244 e. The van der Waals surface area contributed by atoms with Gasteiger partial charge in [-0.3, -0.25) is 4.79 Å². The van der Waals surface area contributed by atoms with Crippen LogP contribution in [0.2, 0.25) is 0 Å². The second kappa shape index (κ2) is 8.39. The Morgan fingerprint density at radius 1 is 1.24 bits per heavy atom. The topological polar surface area (TPSA) is 54.5 Å². The lowest BCUT2D eigenvalue weighted by Gasteiger charge is -2.29. The molecule has 0 spiro atoms. The van der Waals surface area contributed by atoms with Crippen LogP contribution in [-0.2, 0) is 16.1 Å². The molecule has 0 aliphatic carbocycles. The molecule has 0 atom stereocenters. The van der Waals surface area contributed by atoms with Crippen LogP contribution in [0.3, 0.4) is 0 Å². The fourth-order valence-corrected chi connectivity index (χ4v) is 2.62. The van der Waals surface area contributed by atoms with E-state index < -0.39 is 0 Å². The lowest BCUT2D eigenvalue weighted by atomic mass is 10.2. The van der Waals surface area contributed by atoms with Gasteiger partial charge in [0, 0.05) is 37.5 Å². The van der Waals surface area contributed by atoms with Crippen LogP contribution in [0.25, 0.3) is 6.08 Å². The first-order valence-electron chi connectivity index (χ1n) is 8.20. The summed E-state index contributed by atoms with van der Waals surface area (Å²) in [7, 11) is 0. The number of hydrogen-bond donors (Lipinski definition) is 1. The minimum absolute atomic E-state index is 0.207. The lowest BCUT2D eigenvalue weighted by molar-refractivity contribution is -0.116. The number of carbonyl (C=O) groups excluding carboxylic acids is 1. The number of morpholine rings is 1. The zero-order chi connectivity index (χ0) is 17.5. The zero-order valence-corrected chi connectivity index (χ0v) is 13.8. The summed E-state index contributed by atoms with van der Waals surface area (Å²) in [5.41, 5.74) is 1.74. The summed E-state index contributed by atoms with van der Waals surface area (Å²) in [5.74, 6) is 0.378. The van der Waals surface area contributed by atoms with Crippen molar-refractivity contribution in [2.45, 2.75) is 6.54 Å². The third-order valence-corrected chi connectivity index (χ3v) is 3.93. The Hall–Kier alpha value is -2.73. The van der Waals surface area contributed by atoms with Crippen molar-refractivity contribution >= 4 is 17.8 Å². The number of nitrogens with one attached hydrogen (secondary N) is 1. The molecule has 6 heteroatoms. The van der Waals surface area contributed by atoms with Gasteiger partial charge in [0.25, 0.3) is 0 Å². The van der Waals surface area contributed by atoms with Crippen molar-refractivity contribution in [2.75, 3.05) is 31.2 Å². The van der Waals surface area contributed by atoms with Gasteiger partial charge in [0.05, 0.1) is 13.2 Å². The van der Waals surface area contributed by atoms with E-state index in [0.717, 1.165) is 30.0 Å². The van der Waals surface area contributed by atoms with Crippen LogP contribution in [0.15, 0.2) is 48.7 Å². The molecule has 0 radical (unpaired) electrons. The van der Waals surface area contributed by atoms with Gasteiger partial charge in [0.2, 0.25) is 5.91 Å². The number of nitrogens with zero attached hydrogens (tertiary/aromatic N) is 2. The molecule has 3 rings (SSSR count). The number of anilines is 1. The van der Waals surface area contributed by atoms with Crippen molar-refractivity contribution in [2.24, 2.45) is 0 Å². The van der Waals surface area contributed by atoms with Crippen LogP contribution in [0, 0.1) is 5.82 Å². The maximum absolute atomic E-state index is 12.9. The largest absolute Gasteiger partial charge is 0.378 e. The molecular weight excluding hydrogens is 321 g/mol. The van der Waals surface area contributed by atoms with E-state index in [4.69, 9.17) is 4.74 Å². The molecular formula is C19H20FN3O2. The van der Waals surface area contributed by atoms with Gasteiger partial charge in [-0.25, -0.2) is 9.37 Å². The Morgan fingerprint density at radius 2 is 2.00 bits per heavy atom. The maximum atomic E-state index is 12.9. The number of carbonyl (C=O) groups is 1. The number of amides is 1. The second-order valence-corrected chi connectivity index (χ2v) is 5.69. The van der Waals surface area contributed by atoms with Crippen molar-refractivity contribution in [1.29, 1.82) is 0 Å². The van der Waals surface area contributed by atoms with Crippen molar-refractivity contribution in [3.05, 3.63) is 65.6 Å². The van der Waals surface area contributed by atoms with E-state index in [9.17, 15) is 9.18 Å². The average molecular weight is 341 g/mol. The summed E-state index contributed by atoms with van der Waals surface area (Å²) in [4.78, 5) is 18.6. The molecule has 0 unspecified atom stereocenters. The summed E-state index contributed by atoms with van der Waals surface area (Å²) in [6.07, 6.45) is 4.85. The van der Waals surface area contributed by atoms with E-state index in [1.54, 1.807) is 24.4 Å². The van der Waals surface area contributed by atoms with E-state index in [2.05, 4.69) is 15.2 Å². The lowest BCUT2D eigenvalue weighted by Crippen LogP contribution is -2.37. The number of halogens is 1. The standard InChI is InChI=1S/C19H20FN3O2/c20-17-6-3-15(4-7-17)5-8-18(24)22-14-16-2-1-9-21-19(16)23-10-12-25-13-11-23/h1-9H,10-14H2,(H,22,24)/b8-5-. The first-order valence-corrected chi connectivity index (χ1v) is 8.20. The normalized spacial score (nSPS) is 14.7. The van der Waals surface area contributed by atoms with Crippen LogP contribution < -0.4 is 10.2 Å². The van der Waals surface area contributed by atoms with Gasteiger partial charge in [-0.2, -0.15) is 0 Å². The highest BCUT2D eigenvalue weighted by molar-refractivity contribution is 5.91. The summed E-state index contributed by atoms with van der Waals surface area (Å²) < 4.78 is 18.2.